The monoisotopic (exact) mass is 254 g/mol. The highest BCUT2D eigenvalue weighted by Gasteiger charge is 2.22. The fourth-order valence-electron chi connectivity index (χ4n) is 2.22. The average molecular weight is 255 g/mol. The van der Waals surface area contributed by atoms with Crippen LogP contribution in [0.5, 0.6) is 0 Å². The van der Waals surface area contributed by atoms with Gasteiger partial charge in [0.25, 0.3) is 0 Å². The molecule has 0 saturated carbocycles. The summed E-state index contributed by atoms with van der Waals surface area (Å²) in [5, 5.41) is 0.756. The lowest BCUT2D eigenvalue weighted by atomic mass is 10.1. The molecule has 1 aliphatic rings. The molecule has 3 nitrogen and oxygen atoms in total. The van der Waals surface area contributed by atoms with E-state index >= 15 is 0 Å². The van der Waals surface area contributed by atoms with E-state index in [2.05, 4.69) is 11.8 Å². The van der Waals surface area contributed by atoms with E-state index in [9.17, 15) is 0 Å². The van der Waals surface area contributed by atoms with Crippen LogP contribution < -0.4 is 5.73 Å². The van der Waals surface area contributed by atoms with Crippen LogP contribution >= 0.6 is 11.6 Å². The first-order valence-electron chi connectivity index (χ1n) is 6.07. The van der Waals surface area contributed by atoms with E-state index in [4.69, 9.17) is 22.1 Å². The second kappa shape index (κ2) is 5.71. The molecule has 1 aromatic carbocycles. The van der Waals surface area contributed by atoms with Gasteiger partial charge in [0.15, 0.2) is 0 Å². The molecule has 1 atom stereocenters. The molecule has 1 heterocycles. The lowest BCUT2D eigenvalue weighted by molar-refractivity contribution is -0.0126. The van der Waals surface area contributed by atoms with Crippen LogP contribution in [0.3, 0.4) is 0 Å². The number of hydrogen-bond acceptors (Lipinski definition) is 3. The number of benzene rings is 1. The standard InChI is InChI=1S/C13H19ClN2O/c1-2-10-9-17-7-6-16(10)8-11-12(14)4-3-5-13(11)15/h3-5,10H,2,6-9,15H2,1H3. The molecule has 0 aliphatic carbocycles. The summed E-state index contributed by atoms with van der Waals surface area (Å²) in [5.41, 5.74) is 7.80. The molecular formula is C13H19ClN2O. The highest BCUT2D eigenvalue weighted by atomic mass is 35.5. The Bertz CT molecular complexity index is 363. The van der Waals surface area contributed by atoms with E-state index in [-0.39, 0.29) is 0 Å². The number of nitrogens with zero attached hydrogens (tertiary/aromatic N) is 1. The third kappa shape index (κ3) is 2.92. The van der Waals surface area contributed by atoms with Gasteiger partial charge in [-0.05, 0) is 18.6 Å². The van der Waals surface area contributed by atoms with Gasteiger partial charge in [0.2, 0.25) is 0 Å². The van der Waals surface area contributed by atoms with Gasteiger partial charge in [-0.3, -0.25) is 4.90 Å². The van der Waals surface area contributed by atoms with Crippen molar-refractivity contribution in [2.45, 2.75) is 25.9 Å². The minimum atomic E-state index is 0.472. The number of rotatable bonds is 3. The second-order valence-electron chi connectivity index (χ2n) is 4.42. The van der Waals surface area contributed by atoms with Crippen LogP contribution in [-0.2, 0) is 11.3 Å². The Kier molecular flexibility index (Phi) is 4.26. The Morgan fingerprint density at radius 1 is 1.53 bits per heavy atom. The highest BCUT2D eigenvalue weighted by Crippen LogP contribution is 2.25. The fourth-order valence-corrected chi connectivity index (χ4v) is 2.46. The zero-order valence-corrected chi connectivity index (χ0v) is 10.9. The van der Waals surface area contributed by atoms with Crippen molar-refractivity contribution in [2.75, 3.05) is 25.5 Å². The third-order valence-corrected chi connectivity index (χ3v) is 3.69. The number of morpholine rings is 1. The predicted molar refractivity (Wildman–Crippen MR) is 71.2 cm³/mol. The van der Waals surface area contributed by atoms with Gasteiger partial charge in [0, 0.05) is 35.4 Å². The largest absolute Gasteiger partial charge is 0.398 e. The van der Waals surface area contributed by atoms with Crippen LogP contribution in [0.25, 0.3) is 0 Å². The summed E-state index contributed by atoms with van der Waals surface area (Å²) < 4.78 is 5.50. The van der Waals surface area contributed by atoms with E-state index in [1.807, 2.05) is 18.2 Å². The van der Waals surface area contributed by atoms with Crippen LogP contribution in [0.15, 0.2) is 18.2 Å². The zero-order valence-electron chi connectivity index (χ0n) is 10.2. The first-order valence-corrected chi connectivity index (χ1v) is 6.44. The first kappa shape index (κ1) is 12.7. The molecule has 1 aromatic rings. The van der Waals surface area contributed by atoms with Gasteiger partial charge >= 0.3 is 0 Å². The Labute approximate surface area is 107 Å². The lowest BCUT2D eigenvalue weighted by Crippen LogP contribution is -2.44. The predicted octanol–water partition coefficient (Wildman–Crippen LogP) is 2.53. The van der Waals surface area contributed by atoms with Crippen molar-refractivity contribution in [3.63, 3.8) is 0 Å². The Hall–Kier alpha value is -0.770. The number of halogens is 1. The van der Waals surface area contributed by atoms with Crippen molar-refractivity contribution in [3.05, 3.63) is 28.8 Å². The number of nitrogen functional groups attached to an aromatic ring is 1. The number of anilines is 1. The van der Waals surface area contributed by atoms with Gasteiger partial charge < -0.3 is 10.5 Å². The topological polar surface area (TPSA) is 38.5 Å². The zero-order chi connectivity index (χ0) is 12.3. The molecule has 1 saturated heterocycles. The van der Waals surface area contributed by atoms with Gasteiger partial charge in [-0.2, -0.15) is 0 Å². The van der Waals surface area contributed by atoms with E-state index in [0.29, 0.717) is 6.04 Å². The molecule has 0 aromatic heterocycles. The van der Waals surface area contributed by atoms with Crippen molar-refractivity contribution in [1.29, 1.82) is 0 Å². The fraction of sp³-hybridized carbons (Fsp3) is 0.538. The van der Waals surface area contributed by atoms with Gasteiger partial charge in [-0.1, -0.05) is 24.6 Å². The molecule has 0 bridgehead atoms. The van der Waals surface area contributed by atoms with Crippen molar-refractivity contribution >= 4 is 17.3 Å². The molecule has 0 spiro atoms. The van der Waals surface area contributed by atoms with E-state index in [1.165, 1.54) is 0 Å². The van der Waals surface area contributed by atoms with E-state index in [0.717, 1.165) is 49.0 Å². The second-order valence-corrected chi connectivity index (χ2v) is 4.82. The smallest absolute Gasteiger partial charge is 0.0622 e. The van der Waals surface area contributed by atoms with Crippen LogP contribution in [0.4, 0.5) is 5.69 Å². The summed E-state index contributed by atoms with van der Waals surface area (Å²) in [6.45, 7) is 5.54. The van der Waals surface area contributed by atoms with Crippen LogP contribution in [0.2, 0.25) is 5.02 Å². The molecule has 94 valence electrons. The highest BCUT2D eigenvalue weighted by molar-refractivity contribution is 6.31. The maximum atomic E-state index is 6.20. The molecule has 2 N–H and O–H groups in total. The molecule has 17 heavy (non-hydrogen) atoms. The molecule has 2 rings (SSSR count). The van der Waals surface area contributed by atoms with Crippen LogP contribution in [0, 0.1) is 0 Å². The van der Waals surface area contributed by atoms with Crippen molar-refractivity contribution < 1.29 is 4.74 Å². The van der Waals surface area contributed by atoms with Crippen molar-refractivity contribution in [2.24, 2.45) is 0 Å². The quantitative estimate of drug-likeness (QED) is 0.843. The van der Waals surface area contributed by atoms with Crippen LogP contribution in [0.1, 0.15) is 18.9 Å². The van der Waals surface area contributed by atoms with Crippen molar-refractivity contribution in [1.82, 2.24) is 4.90 Å². The summed E-state index contributed by atoms with van der Waals surface area (Å²) in [5.74, 6) is 0. The molecule has 0 amide bonds. The maximum Gasteiger partial charge on any atom is 0.0622 e. The molecular weight excluding hydrogens is 236 g/mol. The van der Waals surface area contributed by atoms with Crippen LogP contribution in [-0.4, -0.2) is 30.7 Å². The van der Waals surface area contributed by atoms with E-state index in [1.54, 1.807) is 0 Å². The minimum Gasteiger partial charge on any atom is -0.398 e. The van der Waals surface area contributed by atoms with E-state index < -0.39 is 0 Å². The van der Waals surface area contributed by atoms with Gasteiger partial charge in [-0.25, -0.2) is 0 Å². The molecule has 1 aliphatic heterocycles. The molecule has 4 heteroatoms. The van der Waals surface area contributed by atoms with Gasteiger partial charge in [-0.15, -0.1) is 0 Å². The lowest BCUT2D eigenvalue weighted by Gasteiger charge is -2.35. The number of nitrogens with two attached hydrogens (primary N) is 1. The maximum absolute atomic E-state index is 6.20. The summed E-state index contributed by atoms with van der Waals surface area (Å²) in [6, 6.07) is 6.16. The minimum absolute atomic E-state index is 0.472. The Morgan fingerprint density at radius 2 is 2.35 bits per heavy atom. The number of ether oxygens (including phenoxy) is 1. The van der Waals surface area contributed by atoms with Gasteiger partial charge in [0.1, 0.15) is 0 Å². The summed E-state index contributed by atoms with van der Waals surface area (Å²) in [4.78, 5) is 2.40. The Morgan fingerprint density at radius 3 is 3.06 bits per heavy atom. The third-order valence-electron chi connectivity index (χ3n) is 3.34. The molecule has 0 radical (unpaired) electrons. The molecule has 1 unspecified atom stereocenters. The normalized spacial score (nSPS) is 21.6. The summed E-state index contributed by atoms with van der Waals surface area (Å²) in [7, 11) is 0. The first-order chi connectivity index (χ1) is 8.22. The summed E-state index contributed by atoms with van der Waals surface area (Å²) in [6.07, 6.45) is 1.09. The molecule has 1 fully saturated rings. The SMILES string of the molecule is CCC1COCCN1Cc1c(N)cccc1Cl. The Balaban J connectivity index is 2.13. The van der Waals surface area contributed by atoms with Gasteiger partial charge in [0.05, 0.1) is 13.2 Å². The summed E-state index contributed by atoms with van der Waals surface area (Å²) >= 11 is 6.20. The average Bonchev–Trinajstić information content (AvgIpc) is 2.34. The number of hydrogen-bond donors (Lipinski definition) is 1. The van der Waals surface area contributed by atoms with Crippen molar-refractivity contribution in [3.8, 4) is 0 Å².